The maximum atomic E-state index is 13.0. The van der Waals surface area contributed by atoms with Crippen LogP contribution in [0.5, 0.6) is 0 Å². The van der Waals surface area contributed by atoms with E-state index in [1.807, 2.05) is 50.2 Å². The number of hydrogen-bond acceptors (Lipinski definition) is 5. The first-order valence-corrected chi connectivity index (χ1v) is 9.12. The second kappa shape index (κ2) is 7.67. The van der Waals surface area contributed by atoms with E-state index in [-0.39, 0.29) is 17.8 Å². The average Bonchev–Trinajstić information content (AvgIpc) is 3.09. The van der Waals surface area contributed by atoms with E-state index in [4.69, 9.17) is 0 Å². The van der Waals surface area contributed by atoms with Gasteiger partial charge in [-0.1, -0.05) is 12.1 Å². The Morgan fingerprint density at radius 1 is 1.00 bits per heavy atom. The van der Waals surface area contributed by atoms with Crippen molar-refractivity contribution in [3.63, 3.8) is 0 Å². The van der Waals surface area contributed by atoms with E-state index >= 15 is 0 Å². The van der Waals surface area contributed by atoms with Crippen LogP contribution in [-0.4, -0.2) is 25.7 Å². The second-order valence-corrected chi connectivity index (χ2v) is 6.68. The van der Waals surface area contributed by atoms with Crippen LogP contribution in [-0.2, 0) is 0 Å². The number of halogens is 1. The maximum absolute atomic E-state index is 13.0. The molecule has 2 N–H and O–H groups in total. The highest BCUT2D eigenvalue weighted by molar-refractivity contribution is 6.04. The van der Waals surface area contributed by atoms with Gasteiger partial charge < -0.3 is 10.6 Å². The van der Waals surface area contributed by atoms with E-state index in [0.717, 1.165) is 11.4 Å². The Morgan fingerprint density at radius 2 is 1.72 bits per heavy atom. The Kier molecular flexibility index (Phi) is 4.90. The zero-order valence-electron chi connectivity index (χ0n) is 15.9. The molecule has 1 atom stereocenters. The number of nitrogens with zero attached hydrogens (tertiary/aromatic N) is 4. The number of carbonyl (C=O) groups is 1. The molecule has 0 fully saturated rings. The first-order chi connectivity index (χ1) is 14.0. The van der Waals surface area contributed by atoms with Gasteiger partial charge in [0.1, 0.15) is 11.6 Å². The van der Waals surface area contributed by atoms with E-state index in [0.29, 0.717) is 22.7 Å². The SMILES string of the molecule is Cc1nnc2ccc(NC(C)c3ccc(NC(=O)c4ccc(F)cc4)cc3)nn12. The van der Waals surface area contributed by atoms with Crippen LogP contribution in [0.25, 0.3) is 5.65 Å². The Morgan fingerprint density at radius 3 is 2.45 bits per heavy atom. The van der Waals surface area contributed by atoms with Crippen LogP contribution in [0, 0.1) is 12.7 Å². The molecule has 2 aromatic carbocycles. The van der Waals surface area contributed by atoms with Crippen LogP contribution in [0.3, 0.4) is 0 Å². The summed E-state index contributed by atoms with van der Waals surface area (Å²) in [4.78, 5) is 12.2. The fourth-order valence-electron chi connectivity index (χ4n) is 2.94. The van der Waals surface area contributed by atoms with Gasteiger partial charge >= 0.3 is 0 Å². The topological polar surface area (TPSA) is 84.2 Å². The van der Waals surface area contributed by atoms with Gasteiger partial charge in [-0.3, -0.25) is 4.79 Å². The Balaban J connectivity index is 1.43. The molecule has 0 radical (unpaired) electrons. The zero-order chi connectivity index (χ0) is 20.4. The molecule has 0 aliphatic rings. The molecule has 8 heteroatoms. The molecule has 0 saturated heterocycles. The largest absolute Gasteiger partial charge is 0.362 e. The highest BCUT2D eigenvalue weighted by Crippen LogP contribution is 2.20. The highest BCUT2D eigenvalue weighted by atomic mass is 19.1. The third-order valence-electron chi connectivity index (χ3n) is 4.56. The van der Waals surface area contributed by atoms with Crippen LogP contribution in [0.15, 0.2) is 60.7 Å². The van der Waals surface area contributed by atoms with Gasteiger partial charge in [0, 0.05) is 17.3 Å². The molecule has 2 aromatic heterocycles. The lowest BCUT2D eigenvalue weighted by atomic mass is 10.1. The average molecular weight is 390 g/mol. The molecule has 0 aliphatic carbocycles. The van der Waals surface area contributed by atoms with Gasteiger partial charge in [0.25, 0.3) is 5.91 Å². The fourth-order valence-corrected chi connectivity index (χ4v) is 2.94. The molecule has 2 heterocycles. The molecule has 1 unspecified atom stereocenters. The predicted molar refractivity (Wildman–Crippen MR) is 108 cm³/mol. The van der Waals surface area contributed by atoms with E-state index in [9.17, 15) is 9.18 Å². The highest BCUT2D eigenvalue weighted by Gasteiger charge is 2.10. The van der Waals surface area contributed by atoms with Crippen LogP contribution in [0.2, 0.25) is 0 Å². The molecule has 29 heavy (non-hydrogen) atoms. The molecule has 0 saturated carbocycles. The summed E-state index contributed by atoms with van der Waals surface area (Å²) in [6, 6.07) is 16.7. The smallest absolute Gasteiger partial charge is 0.255 e. The summed E-state index contributed by atoms with van der Waals surface area (Å²) in [5.41, 5.74) is 2.79. The monoisotopic (exact) mass is 390 g/mol. The lowest BCUT2D eigenvalue weighted by molar-refractivity contribution is 0.102. The summed E-state index contributed by atoms with van der Waals surface area (Å²) < 4.78 is 14.7. The third kappa shape index (κ3) is 4.06. The van der Waals surface area contributed by atoms with Crippen molar-refractivity contribution in [3.8, 4) is 0 Å². The third-order valence-corrected chi connectivity index (χ3v) is 4.56. The summed E-state index contributed by atoms with van der Waals surface area (Å²) >= 11 is 0. The number of aromatic nitrogens is 4. The van der Waals surface area contributed by atoms with Crippen molar-refractivity contribution < 1.29 is 9.18 Å². The molecule has 0 aliphatic heterocycles. The first kappa shape index (κ1) is 18.5. The van der Waals surface area contributed by atoms with Crippen molar-refractivity contribution in [2.24, 2.45) is 0 Å². The number of carbonyl (C=O) groups excluding carboxylic acids is 1. The predicted octanol–water partition coefficient (Wildman–Crippen LogP) is 4.00. The first-order valence-electron chi connectivity index (χ1n) is 9.12. The van der Waals surface area contributed by atoms with Gasteiger partial charge in [-0.15, -0.1) is 15.3 Å². The molecule has 0 spiro atoms. The Hall–Kier alpha value is -3.81. The number of fused-ring (bicyclic) bond motifs is 1. The van der Waals surface area contributed by atoms with Crippen molar-refractivity contribution in [1.82, 2.24) is 19.8 Å². The number of nitrogens with one attached hydrogen (secondary N) is 2. The van der Waals surface area contributed by atoms with Crippen LogP contribution in [0.1, 0.15) is 34.7 Å². The number of anilines is 2. The standard InChI is InChI=1S/C21H19FN6O/c1-13(23-19-11-12-20-26-25-14(2)28(20)27-19)15-5-9-18(10-6-15)24-21(29)16-3-7-17(22)8-4-16/h3-13H,1-2H3,(H,23,27)(H,24,29). The quantitative estimate of drug-likeness (QED) is 0.538. The summed E-state index contributed by atoms with van der Waals surface area (Å²) in [6.07, 6.45) is 0. The van der Waals surface area contributed by atoms with E-state index in [2.05, 4.69) is 25.9 Å². The minimum Gasteiger partial charge on any atom is -0.362 e. The van der Waals surface area contributed by atoms with Crippen LogP contribution < -0.4 is 10.6 Å². The molecular formula is C21H19FN6O. The number of amides is 1. The van der Waals surface area contributed by atoms with E-state index in [1.165, 1.54) is 24.3 Å². The number of aryl methyl sites for hydroxylation is 1. The van der Waals surface area contributed by atoms with Crippen molar-refractivity contribution in [2.45, 2.75) is 19.9 Å². The molecular weight excluding hydrogens is 371 g/mol. The zero-order valence-corrected chi connectivity index (χ0v) is 15.9. The van der Waals surface area contributed by atoms with E-state index < -0.39 is 0 Å². The normalized spacial score (nSPS) is 12.0. The summed E-state index contributed by atoms with van der Waals surface area (Å²) in [5.74, 6) is 0.769. The minimum atomic E-state index is -0.375. The second-order valence-electron chi connectivity index (χ2n) is 6.68. The lowest BCUT2D eigenvalue weighted by Gasteiger charge is -2.15. The summed E-state index contributed by atoms with van der Waals surface area (Å²) in [5, 5.41) is 18.7. The van der Waals surface area contributed by atoms with Gasteiger partial charge in [0.05, 0.1) is 0 Å². The molecule has 0 bridgehead atoms. The van der Waals surface area contributed by atoms with Gasteiger partial charge in [0.15, 0.2) is 11.5 Å². The van der Waals surface area contributed by atoms with Crippen LogP contribution >= 0.6 is 0 Å². The van der Waals surface area contributed by atoms with E-state index in [1.54, 1.807) is 4.52 Å². The maximum Gasteiger partial charge on any atom is 0.255 e. The van der Waals surface area contributed by atoms with Crippen molar-refractivity contribution in [2.75, 3.05) is 10.6 Å². The van der Waals surface area contributed by atoms with Crippen LogP contribution in [0.4, 0.5) is 15.9 Å². The Bertz CT molecular complexity index is 1150. The lowest BCUT2D eigenvalue weighted by Crippen LogP contribution is -2.12. The molecule has 1 amide bonds. The molecule has 146 valence electrons. The summed E-state index contributed by atoms with van der Waals surface area (Å²) in [6.45, 7) is 3.87. The minimum absolute atomic E-state index is 0.00131. The van der Waals surface area contributed by atoms with Gasteiger partial charge in [-0.05, 0) is 67.9 Å². The fraction of sp³-hybridized carbons (Fsp3) is 0.143. The number of benzene rings is 2. The molecule has 7 nitrogen and oxygen atoms in total. The van der Waals surface area contributed by atoms with Gasteiger partial charge in [-0.25, -0.2) is 4.39 Å². The number of rotatable bonds is 5. The Labute approximate surface area is 166 Å². The van der Waals surface area contributed by atoms with Crippen molar-refractivity contribution in [3.05, 3.63) is 83.4 Å². The van der Waals surface area contributed by atoms with Gasteiger partial charge in [0.2, 0.25) is 0 Å². The molecule has 4 rings (SSSR count). The summed E-state index contributed by atoms with van der Waals surface area (Å²) in [7, 11) is 0. The van der Waals surface area contributed by atoms with Crippen molar-refractivity contribution >= 4 is 23.1 Å². The molecule has 4 aromatic rings. The van der Waals surface area contributed by atoms with Crippen molar-refractivity contribution in [1.29, 1.82) is 0 Å². The van der Waals surface area contributed by atoms with Gasteiger partial charge in [-0.2, -0.15) is 4.52 Å². The number of hydrogen-bond donors (Lipinski definition) is 2.